The van der Waals surface area contributed by atoms with Gasteiger partial charge in [-0.25, -0.2) is 13.2 Å². The van der Waals surface area contributed by atoms with Gasteiger partial charge in [0.15, 0.2) is 0 Å². The molecule has 0 radical (unpaired) electrons. The topological polar surface area (TPSA) is 74.7 Å². The van der Waals surface area contributed by atoms with Crippen LogP contribution in [0, 0.1) is 0 Å². The smallest absolute Gasteiger partial charge is 0.336 e. The second-order valence-electron chi connectivity index (χ2n) is 5.73. The van der Waals surface area contributed by atoms with E-state index >= 15 is 0 Å². The van der Waals surface area contributed by atoms with Gasteiger partial charge in [-0.05, 0) is 55.4 Å². The Morgan fingerprint density at radius 2 is 1.76 bits per heavy atom. The lowest BCUT2D eigenvalue weighted by Crippen LogP contribution is -2.35. The fraction of sp³-hybridized carbons (Fsp3) is 0.533. The highest BCUT2D eigenvalue weighted by Crippen LogP contribution is 2.30. The summed E-state index contributed by atoms with van der Waals surface area (Å²) in [5.41, 5.74) is 1.84. The van der Waals surface area contributed by atoms with E-state index in [1.165, 1.54) is 10.4 Å². The van der Waals surface area contributed by atoms with Gasteiger partial charge in [0.25, 0.3) is 0 Å². The molecule has 1 aromatic rings. The van der Waals surface area contributed by atoms with Crippen molar-refractivity contribution in [1.29, 1.82) is 0 Å². The van der Waals surface area contributed by atoms with Crippen LogP contribution in [-0.4, -0.2) is 36.9 Å². The van der Waals surface area contributed by atoms with Crippen LogP contribution in [0.4, 0.5) is 0 Å². The first kappa shape index (κ1) is 14.5. The highest BCUT2D eigenvalue weighted by Gasteiger charge is 2.29. The first-order valence-corrected chi connectivity index (χ1v) is 8.83. The molecule has 0 bridgehead atoms. The van der Waals surface area contributed by atoms with Crippen molar-refractivity contribution in [3.63, 3.8) is 0 Å². The Bertz CT molecular complexity index is 675. The van der Waals surface area contributed by atoms with Gasteiger partial charge < -0.3 is 5.11 Å². The van der Waals surface area contributed by atoms with E-state index < -0.39 is 16.0 Å². The molecule has 1 aliphatic carbocycles. The number of aromatic carboxylic acids is 1. The molecule has 0 spiro atoms. The van der Waals surface area contributed by atoms with Crippen LogP contribution in [0.15, 0.2) is 17.0 Å². The van der Waals surface area contributed by atoms with E-state index in [9.17, 15) is 18.3 Å². The van der Waals surface area contributed by atoms with E-state index in [2.05, 4.69) is 0 Å². The van der Waals surface area contributed by atoms with Crippen molar-refractivity contribution in [1.82, 2.24) is 4.31 Å². The standard InChI is InChI=1S/C15H19NO4S/c17-15(18)14-10-12(9-11-5-4-6-13(11)14)21(19,20)16-7-2-1-3-8-16/h9-10H,1-8H2,(H,17,18). The number of carboxylic acid groups (broad SMARTS) is 1. The molecule has 0 amide bonds. The Hall–Kier alpha value is -1.40. The van der Waals surface area contributed by atoms with Crippen molar-refractivity contribution in [3.8, 4) is 0 Å². The predicted octanol–water partition coefficient (Wildman–Crippen LogP) is 2.05. The zero-order chi connectivity index (χ0) is 15.0. The SMILES string of the molecule is O=C(O)c1cc(S(=O)(=O)N2CCCCC2)cc2c1CCC2. The Balaban J connectivity index is 2.06. The van der Waals surface area contributed by atoms with E-state index in [-0.39, 0.29) is 10.5 Å². The molecule has 6 heteroatoms. The van der Waals surface area contributed by atoms with Gasteiger partial charge in [-0.3, -0.25) is 0 Å². The van der Waals surface area contributed by atoms with Gasteiger partial charge in [-0.1, -0.05) is 6.42 Å². The lowest BCUT2D eigenvalue weighted by Gasteiger charge is -2.26. The number of carboxylic acids is 1. The lowest BCUT2D eigenvalue weighted by molar-refractivity contribution is 0.0695. The fourth-order valence-electron chi connectivity index (χ4n) is 3.27. The maximum absolute atomic E-state index is 12.7. The molecule has 1 aliphatic heterocycles. The summed E-state index contributed by atoms with van der Waals surface area (Å²) in [7, 11) is -3.57. The third kappa shape index (κ3) is 2.58. The van der Waals surface area contributed by atoms with Crippen LogP contribution in [0.5, 0.6) is 0 Å². The fourth-order valence-corrected chi connectivity index (χ4v) is 4.87. The van der Waals surface area contributed by atoms with E-state index in [1.807, 2.05) is 0 Å². The third-order valence-corrected chi connectivity index (χ3v) is 6.25. The molecule has 1 aromatic carbocycles. The predicted molar refractivity (Wildman–Crippen MR) is 78.0 cm³/mol. The Kier molecular flexibility index (Phi) is 3.75. The Labute approximate surface area is 124 Å². The Morgan fingerprint density at radius 3 is 2.43 bits per heavy atom. The van der Waals surface area contributed by atoms with Crippen LogP contribution in [0.1, 0.15) is 47.2 Å². The summed E-state index contributed by atoms with van der Waals surface area (Å²) >= 11 is 0. The van der Waals surface area contributed by atoms with E-state index in [0.717, 1.165) is 49.7 Å². The van der Waals surface area contributed by atoms with Gasteiger partial charge in [0, 0.05) is 13.1 Å². The van der Waals surface area contributed by atoms with E-state index in [0.29, 0.717) is 13.1 Å². The van der Waals surface area contributed by atoms with Gasteiger partial charge in [-0.15, -0.1) is 0 Å². The van der Waals surface area contributed by atoms with Gasteiger partial charge in [0.1, 0.15) is 0 Å². The summed E-state index contributed by atoms with van der Waals surface area (Å²) < 4.78 is 26.9. The molecule has 1 N–H and O–H groups in total. The average molecular weight is 309 g/mol. The van der Waals surface area contributed by atoms with Crippen molar-refractivity contribution in [2.45, 2.75) is 43.4 Å². The summed E-state index contributed by atoms with van der Waals surface area (Å²) in [4.78, 5) is 11.5. The van der Waals surface area contributed by atoms with Crippen LogP contribution in [-0.2, 0) is 22.9 Å². The van der Waals surface area contributed by atoms with Crippen molar-refractivity contribution in [3.05, 3.63) is 28.8 Å². The zero-order valence-corrected chi connectivity index (χ0v) is 12.7. The average Bonchev–Trinajstić information content (AvgIpc) is 2.95. The molecule has 114 valence electrons. The molecular formula is C15H19NO4S. The molecule has 1 fully saturated rings. The van der Waals surface area contributed by atoms with Crippen molar-refractivity contribution in [2.75, 3.05) is 13.1 Å². The van der Waals surface area contributed by atoms with E-state index in [4.69, 9.17) is 0 Å². The maximum atomic E-state index is 12.7. The summed E-state index contributed by atoms with van der Waals surface area (Å²) in [6, 6.07) is 3.02. The molecule has 1 saturated heterocycles. The molecular weight excluding hydrogens is 290 g/mol. The molecule has 0 atom stereocenters. The molecule has 0 aromatic heterocycles. The molecule has 0 unspecified atom stereocenters. The number of rotatable bonds is 3. The van der Waals surface area contributed by atoms with Crippen molar-refractivity contribution in [2.24, 2.45) is 0 Å². The highest BCUT2D eigenvalue weighted by atomic mass is 32.2. The minimum absolute atomic E-state index is 0.141. The normalized spacial score (nSPS) is 19.4. The molecule has 2 aliphatic rings. The second-order valence-corrected chi connectivity index (χ2v) is 7.67. The minimum Gasteiger partial charge on any atom is -0.478 e. The Morgan fingerprint density at radius 1 is 1.05 bits per heavy atom. The molecule has 21 heavy (non-hydrogen) atoms. The quantitative estimate of drug-likeness (QED) is 0.927. The number of fused-ring (bicyclic) bond motifs is 1. The largest absolute Gasteiger partial charge is 0.478 e. The summed E-state index contributed by atoms with van der Waals surface area (Å²) in [6.45, 7) is 1.06. The van der Waals surface area contributed by atoms with Crippen LogP contribution >= 0.6 is 0 Å². The molecule has 3 rings (SSSR count). The molecule has 1 heterocycles. The summed E-state index contributed by atoms with van der Waals surface area (Å²) in [5, 5.41) is 9.34. The summed E-state index contributed by atoms with van der Waals surface area (Å²) in [6.07, 6.45) is 5.17. The number of aryl methyl sites for hydroxylation is 1. The first-order chi connectivity index (χ1) is 10.00. The number of hydrogen-bond donors (Lipinski definition) is 1. The van der Waals surface area contributed by atoms with Gasteiger partial charge in [0.2, 0.25) is 10.0 Å². The monoisotopic (exact) mass is 309 g/mol. The second kappa shape index (κ2) is 5.42. The highest BCUT2D eigenvalue weighted by molar-refractivity contribution is 7.89. The number of nitrogens with zero attached hydrogens (tertiary/aromatic N) is 1. The number of sulfonamides is 1. The number of benzene rings is 1. The molecule has 0 saturated carbocycles. The summed E-state index contributed by atoms with van der Waals surface area (Å²) in [5.74, 6) is -1.04. The van der Waals surface area contributed by atoms with Crippen molar-refractivity contribution >= 4 is 16.0 Å². The van der Waals surface area contributed by atoms with Crippen LogP contribution in [0.3, 0.4) is 0 Å². The maximum Gasteiger partial charge on any atom is 0.336 e. The molecule has 5 nitrogen and oxygen atoms in total. The third-order valence-electron chi connectivity index (χ3n) is 4.37. The minimum atomic E-state index is -3.57. The zero-order valence-electron chi connectivity index (χ0n) is 11.8. The lowest BCUT2D eigenvalue weighted by atomic mass is 10.0. The number of piperidine rings is 1. The van der Waals surface area contributed by atoms with Gasteiger partial charge in [0.05, 0.1) is 10.5 Å². The number of carbonyl (C=O) groups is 1. The van der Waals surface area contributed by atoms with Crippen molar-refractivity contribution < 1.29 is 18.3 Å². The van der Waals surface area contributed by atoms with Gasteiger partial charge >= 0.3 is 5.97 Å². The van der Waals surface area contributed by atoms with Crippen LogP contribution in [0.25, 0.3) is 0 Å². The number of hydrogen-bond acceptors (Lipinski definition) is 3. The van der Waals surface area contributed by atoms with Gasteiger partial charge in [-0.2, -0.15) is 4.31 Å². The van der Waals surface area contributed by atoms with Crippen LogP contribution in [0.2, 0.25) is 0 Å². The first-order valence-electron chi connectivity index (χ1n) is 7.39. The van der Waals surface area contributed by atoms with E-state index in [1.54, 1.807) is 6.07 Å². The van der Waals surface area contributed by atoms with Crippen LogP contribution < -0.4 is 0 Å².